The van der Waals surface area contributed by atoms with Crippen molar-refractivity contribution in [3.63, 3.8) is 0 Å². The molecule has 34 heavy (non-hydrogen) atoms. The highest BCUT2D eigenvalue weighted by Crippen LogP contribution is 2.39. The first-order chi connectivity index (χ1) is 16.1. The number of hydrogen-bond acceptors (Lipinski definition) is 7. The van der Waals surface area contributed by atoms with Crippen molar-refractivity contribution < 1.29 is 14.5 Å². The summed E-state index contributed by atoms with van der Waals surface area (Å²) in [6.07, 6.45) is 3.50. The average Bonchev–Trinajstić information content (AvgIpc) is 3.14. The summed E-state index contributed by atoms with van der Waals surface area (Å²) in [7, 11) is -1.26. The topological polar surface area (TPSA) is 112 Å². The van der Waals surface area contributed by atoms with Crippen LogP contribution in [0.15, 0.2) is 47.8 Å². The van der Waals surface area contributed by atoms with Crippen LogP contribution in [0.2, 0.25) is 25.7 Å². The number of anilines is 1. The maximum atomic E-state index is 11.8. The minimum Gasteiger partial charge on any atom is -0.361 e. The van der Waals surface area contributed by atoms with Crippen LogP contribution < -0.4 is 5.32 Å². The van der Waals surface area contributed by atoms with Gasteiger partial charge in [0.1, 0.15) is 18.2 Å². The molecule has 1 aromatic carbocycles. The van der Waals surface area contributed by atoms with E-state index in [0.717, 1.165) is 6.04 Å². The van der Waals surface area contributed by atoms with Gasteiger partial charge in [0, 0.05) is 39.4 Å². The highest BCUT2D eigenvalue weighted by molar-refractivity contribution is 7.98. The Balaban J connectivity index is 2.16. The molecule has 3 rings (SSSR count). The molecule has 0 aliphatic heterocycles. The summed E-state index contributed by atoms with van der Waals surface area (Å²) in [5.41, 5.74) is 2.24. The fourth-order valence-corrected chi connectivity index (χ4v) is 4.69. The Morgan fingerprint density at radius 2 is 2.00 bits per heavy atom. The number of hydrogen-bond donors (Lipinski definition) is 1. The van der Waals surface area contributed by atoms with E-state index in [1.165, 1.54) is 24.8 Å². The van der Waals surface area contributed by atoms with Gasteiger partial charge in [-0.05, 0) is 30.5 Å². The summed E-state index contributed by atoms with van der Waals surface area (Å²) in [4.78, 5) is 31.9. The number of nitrogens with zero attached hydrogens (tertiary/aromatic N) is 4. The van der Waals surface area contributed by atoms with Gasteiger partial charge in [0.2, 0.25) is 5.91 Å². The minimum atomic E-state index is -1.26. The van der Waals surface area contributed by atoms with Crippen LogP contribution in [0, 0.1) is 10.1 Å². The molecular formula is C23H29N5O4SSi. The van der Waals surface area contributed by atoms with E-state index in [0.29, 0.717) is 40.1 Å². The van der Waals surface area contributed by atoms with Crippen LogP contribution in [0.1, 0.15) is 6.92 Å². The first kappa shape index (κ1) is 25.6. The monoisotopic (exact) mass is 499 g/mol. The number of rotatable bonds is 10. The predicted molar refractivity (Wildman–Crippen MR) is 138 cm³/mol. The molecule has 0 aliphatic carbocycles. The summed E-state index contributed by atoms with van der Waals surface area (Å²) < 4.78 is 7.97. The van der Waals surface area contributed by atoms with Gasteiger partial charge < -0.3 is 10.1 Å². The molecular weight excluding hydrogens is 470 g/mol. The molecule has 9 nitrogen and oxygen atoms in total. The Morgan fingerprint density at radius 3 is 2.65 bits per heavy atom. The first-order valence-corrected chi connectivity index (χ1v) is 15.7. The zero-order valence-corrected chi connectivity index (χ0v) is 21.8. The third kappa shape index (κ3) is 6.30. The van der Waals surface area contributed by atoms with Crippen LogP contribution in [0.25, 0.3) is 22.5 Å². The Morgan fingerprint density at radius 1 is 1.26 bits per heavy atom. The Labute approximate surface area is 204 Å². The molecule has 0 aliphatic rings. The number of amides is 1. The quantitative estimate of drug-likeness (QED) is 0.129. The van der Waals surface area contributed by atoms with Gasteiger partial charge in [-0.1, -0.05) is 43.5 Å². The van der Waals surface area contributed by atoms with E-state index in [1.54, 1.807) is 36.5 Å². The van der Waals surface area contributed by atoms with Gasteiger partial charge in [-0.2, -0.15) is 0 Å². The van der Waals surface area contributed by atoms with E-state index in [2.05, 4.69) is 29.9 Å². The Kier molecular flexibility index (Phi) is 8.23. The van der Waals surface area contributed by atoms with E-state index in [4.69, 9.17) is 9.72 Å². The summed E-state index contributed by atoms with van der Waals surface area (Å²) in [5, 5.41) is 15.1. The van der Waals surface area contributed by atoms with Crippen molar-refractivity contribution in [2.24, 2.45) is 0 Å². The van der Waals surface area contributed by atoms with E-state index in [9.17, 15) is 14.9 Å². The molecule has 1 N–H and O–H groups in total. The molecule has 3 aromatic rings. The molecule has 0 spiro atoms. The number of nitro benzene ring substituents is 1. The number of thioether (sulfide) groups is 1. The molecule has 0 radical (unpaired) electrons. The molecule has 0 bridgehead atoms. The molecule has 0 saturated heterocycles. The lowest BCUT2D eigenvalue weighted by Gasteiger charge is -2.17. The molecule has 0 atom stereocenters. The number of nitrogens with one attached hydrogen (secondary N) is 1. The number of ether oxygens (including phenoxy) is 1. The highest BCUT2D eigenvalue weighted by Gasteiger charge is 2.25. The number of aromatic nitrogens is 3. The van der Waals surface area contributed by atoms with Crippen LogP contribution in [0.3, 0.4) is 0 Å². The Bertz CT molecular complexity index is 1190. The fourth-order valence-electron chi connectivity index (χ4n) is 3.38. The molecule has 2 aromatic heterocycles. The Hall–Kier alpha value is -3.02. The zero-order chi connectivity index (χ0) is 24.9. The molecule has 0 fully saturated rings. The highest BCUT2D eigenvalue weighted by atomic mass is 32.2. The summed E-state index contributed by atoms with van der Waals surface area (Å²) >= 11 is 1.44. The van der Waals surface area contributed by atoms with Crippen molar-refractivity contribution in [2.75, 3.05) is 18.2 Å². The van der Waals surface area contributed by atoms with Gasteiger partial charge in [0.05, 0.1) is 16.2 Å². The number of benzene rings is 1. The molecule has 2 heterocycles. The van der Waals surface area contributed by atoms with Gasteiger partial charge >= 0.3 is 0 Å². The van der Waals surface area contributed by atoms with E-state index in [-0.39, 0.29) is 18.3 Å². The number of para-hydroxylation sites is 1. The second kappa shape index (κ2) is 10.9. The minimum absolute atomic E-state index is 0.0307. The largest absolute Gasteiger partial charge is 0.361 e. The molecule has 180 valence electrons. The maximum Gasteiger partial charge on any atom is 0.278 e. The van der Waals surface area contributed by atoms with Crippen molar-refractivity contribution in [1.29, 1.82) is 0 Å². The van der Waals surface area contributed by atoms with Gasteiger partial charge in [-0.25, -0.2) is 9.97 Å². The van der Waals surface area contributed by atoms with Crippen LogP contribution in [0.4, 0.5) is 11.5 Å². The lowest BCUT2D eigenvalue weighted by Crippen LogP contribution is -2.22. The van der Waals surface area contributed by atoms with Crippen LogP contribution >= 0.6 is 11.8 Å². The molecule has 11 heteroatoms. The summed E-state index contributed by atoms with van der Waals surface area (Å²) in [6.45, 7) is 9.16. The third-order valence-corrected chi connectivity index (χ3v) is 7.41. The van der Waals surface area contributed by atoms with Crippen LogP contribution in [-0.4, -0.2) is 46.3 Å². The lowest BCUT2D eigenvalue weighted by molar-refractivity contribution is -0.384. The van der Waals surface area contributed by atoms with Gasteiger partial charge in [0.25, 0.3) is 5.69 Å². The van der Waals surface area contributed by atoms with Gasteiger partial charge in [-0.15, -0.1) is 0 Å². The predicted octanol–water partition coefficient (Wildman–Crippen LogP) is 5.51. The van der Waals surface area contributed by atoms with Crippen molar-refractivity contribution in [2.45, 2.75) is 44.5 Å². The normalized spacial score (nSPS) is 11.4. The van der Waals surface area contributed by atoms with Crippen LogP contribution in [0.5, 0.6) is 0 Å². The SMILES string of the molecule is CSc1nc(-c2ccccc2[N+](=O)[O-])c(-c2ccnc(NC(C)=O)c2)n1COCC[Si](C)(C)C. The fraction of sp³-hybridized carbons (Fsp3) is 0.348. The van der Waals surface area contributed by atoms with E-state index in [1.807, 2.05) is 10.8 Å². The average molecular weight is 500 g/mol. The van der Waals surface area contributed by atoms with Crippen molar-refractivity contribution in [3.8, 4) is 22.5 Å². The smallest absolute Gasteiger partial charge is 0.278 e. The second-order valence-electron chi connectivity index (χ2n) is 8.96. The number of pyridine rings is 1. The molecule has 0 saturated carbocycles. The maximum absolute atomic E-state index is 11.8. The van der Waals surface area contributed by atoms with Crippen molar-refractivity contribution in [3.05, 3.63) is 52.7 Å². The molecule has 0 unspecified atom stereocenters. The number of carbonyl (C=O) groups excluding carboxylic acids is 1. The van der Waals surface area contributed by atoms with Crippen molar-refractivity contribution in [1.82, 2.24) is 14.5 Å². The molecule has 1 amide bonds. The van der Waals surface area contributed by atoms with Gasteiger partial charge in [-0.3, -0.25) is 19.5 Å². The van der Waals surface area contributed by atoms with E-state index >= 15 is 0 Å². The van der Waals surface area contributed by atoms with Gasteiger partial charge in [0.15, 0.2) is 5.16 Å². The summed E-state index contributed by atoms with van der Waals surface area (Å²) in [5.74, 6) is 0.146. The van der Waals surface area contributed by atoms with E-state index < -0.39 is 13.0 Å². The van der Waals surface area contributed by atoms with Crippen LogP contribution in [-0.2, 0) is 16.3 Å². The number of nitro groups is 1. The third-order valence-electron chi connectivity index (χ3n) is 5.03. The standard InChI is InChI=1S/C23H29N5O4SSi/c1-16(29)25-20-14-17(10-11-24-20)22-21(18-8-6-7-9-19(18)28(30)31)26-23(33-2)27(22)15-32-12-13-34(3,4)5/h6-11,14H,12-13,15H2,1-5H3,(H,24,25,29). The second-order valence-corrected chi connectivity index (χ2v) is 15.4. The lowest BCUT2D eigenvalue weighted by atomic mass is 10.0. The van der Waals surface area contributed by atoms with Crippen molar-refractivity contribution >= 4 is 37.2 Å². The zero-order valence-electron chi connectivity index (χ0n) is 20.0. The summed E-state index contributed by atoms with van der Waals surface area (Å²) in [6, 6.07) is 11.1. The number of carbonyl (C=O) groups is 1. The number of imidazole rings is 1. The first-order valence-electron chi connectivity index (χ1n) is 10.8.